The van der Waals surface area contributed by atoms with Gasteiger partial charge in [-0.25, -0.2) is 0 Å². The fourth-order valence-electron chi connectivity index (χ4n) is 2.28. The van der Waals surface area contributed by atoms with Crippen LogP contribution in [0.25, 0.3) is 11.1 Å². The van der Waals surface area contributed by atoms with Crippen molar-refractivity contribution in [3.63, 3.8) is 0 Å². The Labute approximate surface area is 116 Å². The fraction of sp³-hybridized carbons (Fsp3) is 0.333. The molecule has 0 saturated carbocycles. The lowest BCUT2D eigenvalue weighted by Gasteiger charge is -2.07. The molecular formula is C18H23N. The molecule has 0 saturated heterocycles. The second-order valence-electron chi connectivity index (χ2n) is 4.93. The highest BCUT2D eigenvalue weighted by atomic mass is 14.8. The molecule has 1 heteroatoms. The molecule has 1 N–H and O–H groups in total. The minimum atomic E-state index is 0.951. The van der Waals surface area contributed by atoms with Crippen LogP contribution in [0.1, 0.15) is 31.4 Å². The maximum Gasteiger partial charge on any atom is 0.0205 e. The van der Waals surface area contributed by atoms with Gasteiger partial charge < -0.3 is 5.32 Å². The average molecular weight is 253 g/mol. The lowest BCUT2D eigenvalue weighted by Crippen LogP contribution is -2.11. The van der Waals surface area contributed by atoms with Crippen molar-refractivity contribution in [2.45, 2.75) is 33.2 Å². The first-order chi connectivity index (χ1) is 9.33. The zero-order chi connectivity index (χ0) is 13.5. The molecule has 0 atom stereocenters. The van der Waals surface area contributed by atoms with Crippen molar-refractivity contribution in [2.24, 2.45) is 0 Å². The van der Waals surface area contributed by atoms with E-state index in [0.717, 1.165) is 19.5 Å². The average Bonchev–Trinajstić information content (AvgIpc) is 2.46. The highest BCUT2D eigenvalue weighted by Gasteiger charge is 1.99. The van der Waals surface area contributed by atoms with E-state index in [1.54, 1.807) is 0 Å². The van der Waals surface area contributed by atoms with Crippen molar-refractivity contribution in [1.29, 1.82) is 0 Å². The Morgan fingerprint density at radius 3 is 2.32 bits per heavy atom. The molecule has 1 nitrogen and oxygen atoms in total. The Bertz CT molecular complexity index is 499. The van der Waals surface area contributed by atoms with Gasteiger partial charge in [-0.3, -0.25) is 0 Å². The Morgan fingerprint density at radius 1 is 0.842 bits per heavy atom. The summed E-state index contributed by atoms with van der Waals surface area (Å²) >= 11 is 0. The molecule has 0 bridgehead atoms. The molecule has 0 aromatic heterocycles. The van der Waals surface area contributed by atoms with Gasteiger partial charge in [-0.15, -0.1) is 0 Å². The van der Waals surface area contributed by atoms with E-state index in [0.29, 0.717) is 0 Å². The number of nitrogens with one attached hydrogen (secondary N) is 1. The third kappa shape index (κ3) is 3.93. The number of hydrogen-bond donors (Lipinski definition) is 1. The summed E-state index contributed by atoms with van der Waals surface area (Å²) < 4.78 is 0. The van der Waals surface area contributed by atoms with Crippen molar-refractivity contribution in [2.75, 3.05) is 6.54 Å². The molecule has 19 heavy (non-hydrogen) atoms. The normalized spacial score (nSPS) is 10.6. The molecule has 0 fully saturated rings. The largest absolute Gasteiger partial charge is 0.313 e. The molecule has 100 valence electrons. The van der Waals surface area contributed by atoms with E-state index in [1.165, 1.54) is 28.7 Å². The Hall–Kier alpha value is -1.60. The summed E-state index contributed by atoms with van der Waals surface area (Å²) in [5.74, 6) is 0. The lowest BCUT2D eigenvalue weighted by atomic mass is 10.00. The van der Waals surface area contributed by atoms with E-state index in [4.69, 9.17) is 0 Å². The zero-order valence-corrected chi connectivity index (χ0v) is 11.9. The Morgan fingerprint density at radius 2 is 1.63 bits per heavy atom. The van der Waals surface area contributed by atoms with Crippen LogP contribution in [0.4, 0.5) is 0 Å². The molecule has 0 spiro atoms. The number of benzene rings is 2. The SMILES string of the molecule is CCCc1cccc(-c2ccc(CNCC)cc2)c1. The van der Waals surface area contributed by atoms with Crippen molar-refractivity contribution >= 4 is 0 Å². The molecule has 2 rings (SSSR count). The summed E-state index contributed by atoms with van der Waals surface area (Å²) in [7, 11) is 0. The second-order valence-corrected chi connectivity index (χ2v) is 4.93. The standard InChI is InChI=1S/C18H23N/c1-3-6-15-7-5-8-18(13-15)17-11-9-16(10-12-17)14-19-4-2/h5,7-13,19H,3-4,6,14H2,1-2H3. The monoisotopic (exact) mass is 253 g/mol. The van der Waals surface area contributed by atoms with Gasteiger partial charge in [0.15, 0.2) is 0 Å². The number of rotatable bonds is 6. The van der Waals surface area contributed by atoms with E-state index in [1.807, 2.05) is 0 Å². The summed E-state index contributed by atoms with van der Waals surface area (Å²) in [4.78, 5) is 0. The quantitative estimate of drug-likeness (QED) is 0.803. The maximum atomic E-state index is 3.35. The van der Waals surface area contributed by atoms with E-state index in [-0.39, 0.29) is 0 Å². The molecule has 2 aromatic carbocycles. The van der Waals surface area contributed by atoms with E-state index >= 15 is 0 Å². The van der Waals surface area contributed by atoms with Gasteiger partial charge in [0.05, 0.1) is 0 Å². The van der Waals surface area contributed by atoms with Crippen LogP contribution in [0, 0.1) is 0 Å². The summed E-state index contributed by atoms with van der Waals surface area (Å²) in [5.41, 5.74) is 5.39. The second kappa shape index (κ2) is 7.10. The molecule has 0 aliphatic rings. The van der Waals surface area contributed by atoms with Crippen LogP contribution >= 0.6 is 0 Å². The van der Waals surface area contributed by atoms with Gasteiger partial charge in [-0.2, -0.15) is 0 Å². The molecule has 0 aliphatic heterocycles. The van der Waals surface area contributed by atoms with E-state index < -0.39 is 0 Å². The topological polar surface area (TPSA) is 12.0 Å². The van der Waals surface area contributed by atoms with Crippen LogP contribution < -0.4 is 5.32 Å². The van der Waals surface area contributed by atoms with E-state index in [2.05, 4.69) is 67.7 Å². The van der Waals surface area contributed by atoms with Gasteiger partial charge in [0.25, 0.3) is 0 Å². The highest BCUT2D eigenvalue weighted by Crippen LogP contribution is 2.21. The number of aryl methyl sites for hydroxylation is 1. The van der Waals surface area contributed by atoms with Crippen LogP contribution in [-0.4, -0.2) is 6.54 Å². The lowest BCUT2D eigenvalue weighted by molar-refractivity contribution is 0.727. The molecule has 0 radical (unpaired) electrons. The van der Waals surface area contributed by atoms with Crippen LogP contribution in [-0.2, 0) is 13.0 Å². The van der Waals surface area contributed by atoms with Crippen molar-refractivity contribution in [3.05, 3.63) is 59.7 Å². The summed E-state index contributed by atoms with van der Waals surface area (Å²) in [6.07, 6.45) is 2.36. The molecule has 0 unspecified atom stereocenters. The third-order valence-electron chi connectivity index (χ3n) is 3.33. The van der Waals surface area contributed by atoms with Gasteiger partial charge in [-0.1, -0.05) is 68.8 Å². The first kappa shape index (κ1) is 13.8. The molecule has 0 aliphatic carbocycles. The number of hydrogen-bond acceptors (Lipinski definition) is 1. The Balaban J connectivity index is 2.14. The molecular weight excluding hydrogens is 230 g/mol. The third-order valence-corrected chi connectivity index (χ3v) is 3.33. The van der Waals surface area contributed by atoms with Gasteiger partial charge in [0, 0.05) is 6.54 Å². The van der Waals surface area contributed by atoms with E-state index in [9.17, 15) is 0 Å². The predicted molar refractivity (Wildman–Crippen MR) is 83.3 cm³/mol. The molecule has 0 heterocycles. The minimum Gasteiger partial charge on any atom is -0.313 e. The first-order valence-electron chi connectivity index (χ1n) is 7.22. The van der Waals surface area contributed by atoms with Gasteiger partial charge in [0.1, 0.15) is 0 Å². The van der Waals surface area contributed by atoms with Crippen LogP contribution in [0.3, 0.4) is 0 Å². The Kier molecular flexibility index (Phi) is 5.17. The summed E-state index contributed by atoms with van der Waals surface area (Å²) in [6.45, 7) is 6.32. The van der Waals surface area contributed by atoms with Crippen molar-refractivity contribution in [1.82, 2.24) is 5.32 Å². The summed E-state index contributed by atoms with van der Waals surface area (Å²) in [5, 5.41) is 3.35. The smallest absolute Gasteiger partial charge is 0.0205 e. The van der Waals surface area contributed by atoms with Crippen molar-refractivity contribution in [3.8, 4) is 11.1 Å². The maximum absolute atomic E-state index is 3.35. The van der Waals surface area contributed by atoms with Gasteiger partial charge >= 0.3 is 0 Å². The fourth-order valence-corrected chi connectivity index (χ4v) is 2.28. The van der Waals surface area contributed by atoms with Crippen LogP contribution in [0.15, 0.2) is 48.5 Å². The van der Waals surface area contributed by atoms with Crippen LogP contribution in [0.2, 0.25) is 0 Å². The van der Waals surface area contributed by atoms with Crippen molar-refractivity contribution < 1.29 is 0 Å². The van der Waals surface area contributed by atoms with Gasteiger partial charge in [-0.05, 0) is 35.2 Å². The van der Waals surface area contributed by atoms with Gasteiger partial charge in [0.2, 0.25) is 0 Å². The highest BCUT2D eigenvalue weighted by molar-refractivity contribution is 5.64. The molecule has 0 amide bonds. The zero-order valence-electron chi connectivity index (χ0n) is 11.9. The molecule has 2 aromatic rings. The van der Waals surface area contributed by atoms with Crippen LogP contribution in [0.5, 0.6) is 0 Å². The summed E-state index contributed by atoms with van der Waals surface area (Å²) in [6, 6.07) is 17.7. The minimum absolute atomic E-state index is 0.951. The first-order valence-corrected chi connectivity index (χ1v) is 7.22. The predicted octanol–water partition coefficient (Wildman–Crippen LogP) is 4.42.